The van der Waals surface area contributed by atoms with Crippen molar-refractivity contribution in [2.45, 2.75) is 38.7 Å². The molecule has 26 heavy (non-hydrogen) atoms. The third-order valence-corrected chi connectivity index (χ3v) is 4.86. The van der Waals surface area contributed by atoms with Crippen molar-refractivity contribution in [3.63, 3.8) is 0 Å². The van der Waals surface area contributed by atoms with Crippen molar-refractivity contribution in [2.75, 3.05) is 5.32 Å². The van der Waals surface area contributed by atoms with E-state index >= 15 is 0 Å². The molecule has 4 rings (SSSR count). The number of hydrogen-bond acceptors (Lipinski definition) is 6. The van der Waals surface area contributed by atoms with E-state index < -0.39 is 0 Å². The highest BCUT2D eigenvalue weighted by molar-refractivity contribution is 5.94. The molecule has 1 saturated carbocycles. The number of oxazole rings is 1. The van der Waals surface area contributed by atoms with Crippen molar-refractivity contribution in [2.24, 2.45) is 5.92 Å². The molecule has 0 saturated heterocycles. The standard InChI is InChI=1S/C19H20N4O3/c24-10-13-6-16(17-9-20-11-26-17)22-15-7-18(21-8-14(13)15)23-19(25)12-4-2-1-3-5-12/h6-9,11-12,24H,1-5,10H2,(H,21,23,25). The molecular formula is C19H20N4O3. The van der Waals surface area contributed by atoms with Crippen LogP contribution in [0.15, 0.2) is 35.3 Å². The van der Waals surface area contributed by atoms with Crippen molar-refractivity contribution in [3.05, 3.63) is 36.5 Å². The highest BCUT2D eigenvalue weighted by Gasteiger charge is 2.21. The Morgan fingerprint density at radius 1 is 1.23 bits per heavy atom. The van der Waals surface area contributed by atoms with Crippen molar-refractivity contribution < 1.29 is 14.3 Å². The molecule has 0 aromatic carbocycles. The van der Waals surface area contributed by atoms with Crippen LogP contribution >= 0.6 is 0 Å². The third-order valence-electron chi connectivity index (χ3n) is 4.86. The summed E-state index contributed by atoms with van der Waals surface area (Å²) in [6, 6.07) is 3.49. The van der Waals surface area contributed by atoms with Crippen molar-refractivity contribution >= 4 is 22.6 Å². The van der Waals surface area contributed by atoms with Crippen LogP contribution in [0.3, 0.4) is 0 Å². The molecule has 0 atom stereocenters. The third kappa shape index (κ3) is 3.30. The maximum Gasteiger partial charge on any atom is 0.228 e. The average Bonchev–Trinajstić information content (AvgIpc) is 3.22. The van der Waals surface area contributed by atoms with E-state index in [1.54, 1.807) is 24.5 Å². The van der Waals surface area contributed by atoms with Crippen LogP contribution in [0.5, 0.6) is 0 Å². The number of aliphatic hydroxyl groups is 1. The monoisotopic (exact) mass is 352 g/mol. The lowest BCUT2D eigenvalue weighted by Gasteiger charge is -2.20. The summed E-state index contributed by atoms with van der Waals surface area (Å²) in [5.74, 6) is 1.07. The van der Waals surface area contributed by atoms with Gasteiger partial charge in [-0.25, -0.2) is 15.0 Å². The summed E-state index contributed by atoms with van der Waals surface area (Å²) in [6.45, 7) is -0.143. The highest BCUT2D eigenvalue weighted by atomic mass is 16.3. The predicted molar refractivity (Wildman–Crippen MR) is 96.2 cm³/mol. The van der Waals surface area contributed by atoms with Gasteiger partial charge < -0.3 is 14.8 Å². The maximum absolute atomic E-state index is 12.4. The van der Waals surface area contributed by atoms with E-state index in [4.69, 9.17) is 4.42 Å². The van der Waals surface area contributed by atoms with E-state index in [0.717, 1.165) is 31.1 Å². The fraction of sp³-hybridized carbons (Fsp3) is 0.368. The topological polar surface area (TPSA) is 101 Å². The Bertz CT molecular complexity index is 918. The van der Waals surface area contributed by atoms with Crippen molar-refractivity contribution in [3.8, 4) is 11.5 Å². The summed E-state index contributed by atoms with van der Waals surface area (Å²) in [5, 5.41) is 13.3. The number of aromatic nitrogens is 3. The van der Waals surface area contributed by atoms with E-state index in [0.29, 0.717) is 28.4 Å². The van der Waals surface area contributed by atoms with Crippen LogP contribution in [-0.4, -0.2) is 26.0 Å². The number of hydrogen-bond donors (Lipinski definition) is 2. The van der Waals surface area contributed by atoms with Gasteiger partial charge in [0.15, 0.2) is 12.2 Å². The quantitative estimate of drug-likeness (QED) is 0.747. The molecule has 3 heterocycles. The van der Waals surface area contributed by atoms with Gasteiger partial charge in [-0.3, -0.25) is 4.79 Å². The van der Waals surface area contributed by atoms with Gasteiger partial charge in [-0.2, -0.15) is 0 Å². The summed E-state index contributed by atoms with van der Waals surface area (Å²) in [4.78, 5) is 25.2. The zero-order valence-corrected chi connectivity index (χ0v) is 14.3. The molecular weight excluding hydrogens is 332 g/mol. The van der Waals surface area contributed by atoms with E-state index in [2.05, 4.69) is 20.3 Å². The predicted octanol–water partition coefficient (Wildman–Crippen LogP) is 3.30. The van der Waals surface area contributed by atoms with Gasteiger partial charge >= 0.3 is 0 Å². The van der Waals surface area contributed by atoms with Gasteiger partial charge in [0, 0.05) is 23.6 Å². The minimum absolute atomic E-state index is 0.0188. The van der Waals surface area contributed by atoms with E-state index in [1.165, 1.54) is 12.8 Å². The lowest BCUT2D eigenvalue weighted by atomic mass is 9.89. The molecule has 1 aliphatic carbocycles. The summed E-state index contributed by atoms with van der Waals surface area (Å²) < 4.78 is 5.30. The van der Waals surface area contributed by atoms with Crippen LogP contribution in [-0.2, 0) is 11.4 Å². The second-order valence-corrected chi connectivity index (χ2v) is 6.60. The number of amides is 1. The molecule has 1 fully saturated rings. The molecule has 0 bridgehead atoms. The van der Waals surface area contributed by atoms with Gasteiger partial charge in [-0.1, -0.05) is 19.3 Å². The first-order valence-electron chi connectivity index (χ1n) is 8.85. The number of rotatable bonds is 4. The Morgan fingerprint density at radius 3 is 2.81 bits per heavy atom. The van der Waals surface area contributed by atoms with E-state index in [-0.39, 0.29) is 18.4 Å². The first kappa shape index (κ1) is 16.7. The van der Waals surface area contributed by atoms with E-state index in [1.807, 2.05) is 0 Å². The summed E-state index contributed by atoms with van der Waals surface area (Å²) in [6.07, 6.45) is 9.82. The first-order chi connectivity index (χ1) is 12.7. The number of aliphatic hydroxyl groups excluding tert-OH is 1. The number of nitrogens with zero attached hydrogens (tertiary/aromatic N) is 3. The van der Waals surface area contributed by atoms with Crippen LogP contribution in [0.2, 0.25) is 0 Å². The van der Waals surface area contributed by atoms with Crippen molar-refractivity contribution in [1.29, 1.82) is 0 Å². The highest BCUT2D eigenvalue weighted by Crippen LogP contribution is 2.27. The summed E-state index contributed by atoms with van der Waals surface area (Å²) in [5.41, 5.74) is 1.91. The normalized spacial score (nSPS) is 15.3. The number of pyridine rings is 2. The minimum atomic E-state index is -0.143. The fourth-order valence-electron chi connectivity index (χ4n) is 3.45. The van der Waals surface area contributed by atoms with Crippen LogP contribution in [0, 0.1) is 5.92 Å². The lowest BCUT2D eigenvalue weighted by Crippen LogP contribution is -2.25. The fourth-order valence-corrected chi connectivity index (χ4v) is 3.45. The molecule has 7 nitrogen and oxygen atoms in total. The SMILES string of the molecule is O=C(Nc1cc2nc(-c3cnco3)cc(CO)c2cn1)C1CCCCC1. The van der Waals surface area contributed by atoms with Gasteiger partial charge in [0.25, 0.3) is 0 Å². The van der Waals surface area contributed by atoms with Gasteiger partial charge in [0.2, 0.25) is 5.91 Å². The Kier molecular flexibility index (Phi) is 4.62. The Balaban J connectivity index is 1.66. The second kappa shape index (κ2) is 7.21. The van der Waals surface area contributed by atoms with Gasteiger partial charge in [-0.05, 0) is 24.5 Å². The van der Waals surface area contributed by atoms with Crippen molar-refractivity contribution in [1.82, 2.24) is 15.0 Å². The lowest BCUT2D eigenvalue weighted by molar-refractivity contribution is -0.120. The number of carbonyl (C=O) groups is 1. The smallest absolute Gasteiger partial charge is 0.228 e. The average molecular weight is 352 g/mol. The Labute approximate surface area is 150 Å². The second-order valence-electron chi connectivity index (χ2n) is 6.60. The number of carbonyl (C=O) groups excluding carboxylic acids is 1. The summed E-state index contributed by atoms with van der Waals surface area (Å²) >= 11 is 0. The molecule has 2 N–H and O–H groups in total. The Hall–Kier alpha value is -2.80. The van der Waals surface area contributed by atoms with Crippen LogP contribution < -0.4 is 5.32 Å². The molecule has 0 unspecified atom stereocenters. The molecule has 1 amide bonds. The van der Waals surface area contributed by atoms with Crippen LogP contribution in [0.25, 0.3) is 22.4 Å². The molecule has 3 aromatic heterocycles. The van der Waals surface area contributed by atoms with Gasteiger partial charge in [0.1, 0.15) is 11.5 Å². The number of fused-ring (bicyclic) bond motifs is 1. The molecule has 0 aliphatic heterocycles. The molecule has 0 radical (unpaired) electrons. The van der Waals surface area contributed by atoms with Gasteiger partial charge in [0.05, 0.1) is 18.3 Å². The minimum Gasteiger partial charge on any atom is -0.442 e. The maximum atomic E-state index is 12.4. The molecule has 7 heteroatoms. The molecule has 3 aromatic rings. The molecule has 1 aliphatic rings. The zero-order valence-electron chi connectivity index (χ0n) is 14.3. The van der Waals surface area contributed by atoms with Gasteiger partial charge in [-0.15, -0.1) is 0 Å². The number of nitrogens with one attached hydrogen (secondary N) is 1. The zero-order chi connectivity index (χ0) is 17.9. The van der Waals surface area contributed by atoms with Crippen LogP contribution in [0.1, 0.15) is 37.7 Å². The Morgan fingerprint density at radius 2 is 2.08 bits per heavy atom. The molecule has 0 spiro atoms. The summed E-state index contributed by atoms with van der Waals surface area (Å²) in [7, 11) is 0. The van der Waals surface area contributed by atoms with Crippen LogP contribution in [0.4, 0.5) is 5.82 Å². The largest absolute Gasteiger partial charge is 0.442 e. The van der Waals surface area contributed by atoms with E-state index in [9.17, 15) is 9.90 Å². The number of anilines is 1. The molecule has 134 valence electrons. The first-order valence-corrected chi connectivity index (χ1v) is 8.85.